The minimum Gasteiger partial charge on any atom is -0.481 e. The first-order chi connectivity index (χ1) is 18.6. The fraction of sp³-hybridized carbons (Fsp3) is 0.600. The maximum absolute atomic E-state index is 13.9. The van der Waals surface area contributed by atoms with E-state index in [0.29, 0.717) is 74.8 Å². The smallest absolute Gasteiger partial charge is 0.307 e. The van der Waals surface area contributed by atoms with Crippen LogP contribution in [0.15, 0.2) is 39.5 Å². The summed E-state index contributed by atoms with van der Waals surface area (Å²) in [6.07, 6.45) is 7.04. The van der Waals surface area contributed by atoms with Crippen molar-refractivity contribution >= 4 is 27.9 Å². The van der Waals surface area contributed by atoms with Crippen molar-refractivity contribution in [1.82, 2.24) is 0 Å². The summed E-state index contributed by atoms with van der Waals surface area (Å²) in [7, 11) is 0. The topological polar surface area (TPSA) is 67.5 Å². The molecule has 0 amide bonds. The van der Waals surface area contributed by atoms with E-state index >= 15 is 0 Å². The number of para-hydroxylation sites is 1. The first kappa shape index (κ1) is 27.9. The molecule has 1 heterocycles. The molecule has 4 heteroatoms. The summed E-state index contributed by atoms with van der Waals surface area (Å²) in [5, 5.41) is 10.7. The Morgan fingerprint density at radius 3 is 2.05 bits per heavy atom. The summed E-state index contributed by atoms with van der Waals surface area (Å²) in [6, 6.07) is 9.61. The monoisotopic (exact) mass is 530 g/mol. The third-order valence-electron chi connectivity index (χ3n) is 10.2. The molecule has 0 saturated heterocycles. The largest absolute Gasteiger partial charge is 0.481 e. The molecule has 1 N–H and O–H groups in total. The van der Waals surface area contributed by atoms with Gasteiger partial charge in [0.25, 0.3) is 0 Å². The summed E-state index contributed by atoms with van der Waals surface area (Å²) >= 11 is 0. The highest BCUT2D eigenvalue weighted by atomic mass is 16.4. The molecule has 210 valence electrons. The van der Waals surface area contributed by atoms with Gasteiger partial charge in [0.1, 0.15) is 11.2 Å². The highest BCUT2D eigenvalue weighted by Crippen LogP contribution is 2.52. The van der Waals surface area contributed by atoms with Gasteiger partial charge in [0, 0.05) is 11.1 Å². The normalized spacial score (nSPS) is 28.0. The molecule has 3 aromatic rings. The summed E-state index contributed by atoms with van der Waals surface area (Å²) < 4.78 is 6.80. The predicted octanol–water partition coefficient (Wildman–Crippen LogP) is 8.92. The number of carboxylic acids is 1. The van der Waals surface area contributed by atoms with E-state index in [-0.39, 0.29) is 11.8 Å². The number of hydrogen-bond donors (Lipinski definition) is 1. The van der Waals surface area contributed by atoms with Gasteiger partial charge >= 0.3 is 5.97 Å². The molecule has 2 aliphatic rings. The Labute approximate surface area is 233 Å². The van der Waals surface area contributed by atoms with Crippen LogP contribution >= 0.6 is 0 Å². The molecule has 39 heavy (non-hydrogen) atoms. The van der Waals surface area contributed by atoms with E-state index in [0.717, 1.165) is 12.8 Å². The standard InChI is InChI=1S/C35H46O4/c1-19(2)24-12-10-21(5)16-29(24)26-14-15-28-33(38)27-9-7-8-23(18-31(36)37)34(27)39-35(28)32(26)30-17-22(6)11-13-25(30)20(3)4/h7-9,14-15,19-22,24-25,29-30H,10-13,16-18H2,1-6H3,(H,36,37). The molecule has 2 fully saturated rings. The van der Waals surface area contributed by atoms with E-state index in [2.05, 4.69) is 47.6 Å². The maximum Gasteiger partial charge on any atom is 0.307 e. The number of rotatable bonds is 6. The zero-order valence-electron chi connectivity index (χ0n) is 24.6. The zero-order chi connectivity index (χ0) is 28.0. The Hall–Kier alpha value is -2.62. The number of fused-ring (bicyclic) bond motifs is 2. The van der Waals surface area contributed by atoms with Crippen molar-refractivity contribution in [3.8, 4) is 0 Å². The van der Waals surface area contributed by atoms with E-state index in [1.54, 1.807) is 18.2 Å². The van der Waals surface area contributed by atoms with Gasteiger partial charge in [-0.2, -0.15) is 0 Å². The molecule has 6 atom stereocenters. The predicted molar refractivity (Wildman–Crippen MR) is 159 cm³/mol. The molecule has 4 nitrogen and oxygen atoms in total. The second-order valence-corrected chi connectivity index (χ2v) is 13.6. The van der Waals surface area contributed by atoms with Crippen LogP contribution in [-0.2, 0) is 11.2 Å². The fourth-order valence-corrected chi connectivity index (χ4v) is 8.14. The van der Waals surface area contributed by atoms with Gasteiger partial charge in [-0.15, -0.1) is 0 Å². The number of carbonyl (C=O) groups is 1. The van der Waals surface area contributed by atoms with Crippen molar-refractivity contribution in [2.24, 2.45) is 35.5 Å². The van der Waals surface area contributed by atoms with E-state index in [1.165, 1.54) is 36.8 Å². The molecule has 0 spiro atoms. The van der Waals surface area contributed by atoms with Gasteiger partial charge in [0.05, 0.1) is 17.2 Å². The van der Waals surface area contributed by atoms with E-state index in [4.69, 9.17) is 4.42 Å². The first-order valence-electron chi connectivity index (χ1n) is 15.3. The van der Waals surface area contributed by atoms with Crippen LogP contribution in [0.2, 0.25) is 0 Å². The van der Waals surface area contributed by atoms with Crippen LogP contribution in [0.25, 0.3) is 21.9 Å². The van der Waals surface area contributed by atoms with Crippen LogP contribution < -0.4 is 5.43 Å². The molecule has 0 bridgehead atoms. The van der Waals surface area contributed by atoms with Gasteiger partial charge in [0.15, 0.2) is 0 Å². The van der Waals surface area contributed by atoms with E-state index in [1.807, 2.05) is 6.07 Å². The lowest BCUT2D eigenvalue weighted by atomic mass is 9.62. The average Bonchev–Trinajstić information content (AvgIpc) is 2.88. The summed E-state index contributed by atoms with van der Waals surface area (Å²) in [5.74, 6) is 3.38. The van der Waals surface area contributed by atoms with Crippen molar-refractivity contribution in [2.45, 2.75) is 98.3 Å². The van der Waals surface area contributed by atoms with Crippen molar-refractivity contribution in [3.63, 3.8) is 0 Å². The van der Waals surface area contributed by atoms with Gasteiger partial charge in [0.2, 0.25) is 5.43 Å². The third kappa shape index (κ3) is 5.28. The molecule has 2 aliphatic carbocycles. The number of hydrogen-bond acceptors (Lipinski definition) is 3. The lowest BCUT2D eigenvalue weighted by molar-refractivity contribution is -0.136. The van der Waals surface area contributed by atoms with Gasteiger partial charge < -0.3 is 9.52 Å². The summed E-state index contributed by atoms with van der Waals surface area (Å²) in [5.41, 5.74) is 4.32. The second-order valence-electron chi connectivity index (χ2n) is 13.6. The SMILES string of the molecule is CC1CCC(C(C)C)C(c2ccc3c(=O)c4cccc(CC(=O)O)c4oc3c2C2CC(C)CCC2C(C)C)C1. The molecular formula is C35H46O4. The van der Waals surface area contributed by atoms with E-state index in [9.17, 15) is 14.7 Å². The Kier molecular flexibility index (Phi) is 7.95. The number of aliphatic carboxylic acids is 1. The van der Waals surface area contributed by atoms with Crippen molar-refractivity contribution in [3.05, 3.63) is 57.2 Å². The van der Waals surface area contributed by atoms with Gasteiger partial charge in [-0.3, -0.25) is 9.59 Å². The van der Waals surface area contributed by atoms with Crippen LogP contribution in [0.5, 0.6) is 0 Å². The maximum atomic E-state index is 13.9. The molecule has 1 aromatic heterocycles. The van der Waals surface area contributed by atoms with Crippen molar-refractivity contribution in [2.75, 3.05) is 0 Å². The first-order valence-corrected chi connectivity index (χ1v) is 15.3. The molecule has 5 rings (SSSR count). The zero-order valence-corrected chi connectivity index (χ0v) is 24.6. The number of carboxylic acid groups (broad SMARTS) is 1. The fourth-order valence-electron chi connectivity index (χ4n) is 8.14. The molecule has 2 saturated carbocycles. The minimum atomic E-state index is -0.920. The third-order valence-corrected chi connectivity index (χ3v) is 10.2. The van der Waals surface area contributed by atoms with Crippen molar-refractivity contribution in [1.29, 1.82) is 0 Å². The summed E-state index contributed by atoms with van der Waals surface area (Å²) in [6.45, 7) is 14.2. The second kappa shape index (κ2) is 11.1. The molecule has 0 aliphatic heterocycles. The minimum absolute atomic E-state index is 0.0475. The highest BCUT2D eigenvalue weighted by molar-refractivity contribution is 5.94. The van der Waals surface area contributed by atoms with Crippen molar-refractivity contribution < 1.29 is 14.3 Å². The molecule has 2 aromatic carbocycles. The van der Waals surface area contributed by atoms with Crippen LogP contribution in [0.4, 0.5) is 0 Å². The molecule has 0 radical (unpaired) electrons. The quantitative estimate of drug-likeness (QED) is 0.323. The Balaban J connectivity index is 1.85. The van der Waals surface area contributed by atoms with Crippen LogP contribution in [0.3, 0.4) is 0 Å². The van der Waals surface area contributed by atoms with Gasteiger partial charge in [-0.1, -0.05) is 72.6 Å². The average molecular weight is 531 g/mol. The lowest BCUT2D eigenvalue weighted by Gasteiger charge is -2.42. The molecular weight excluding hydrogens is 484 g/mol. The van der Waals surface area contributed by atoms with Crippen LogP contribution in [0.1, 0.15) is 109 Å². The lowest BCUT2D eigenvalue weighted by Crippen LogP contribution is -2.30. The van der Waals surface area contributed by atoms with Crippen LogP contribution in [-0.4, -0.2) is 11.1 Å². The molecule has 6 unspecified atom stereocenters. The number of benzene rings is 2. The highest BCUT2D eigenvalue weighted by Gasteiger charge is 2.39. The Morgan fingerprint density at radius 1 is 0.846 bits per heavy atom. The van der Waals surface area contributed by atoms with Crippen LogP contribution in [0, 0.1) is 35.5 Å². The summed E-state index contributed by atoms with van der Waals surface area (Å²) in [4.78, 5) is 25.6. The van der Waals surface area contributed by atoms with E-state index < -0.39 is 5.97 Å². The van der Waals surface area contributed by atoms with Gasteiger partial charge in [-0.05, 0) is 90.7 Å². The Bertz CT molecular complexity index is 1410. The Morgan fingerprint density at radius 2 is 1.44 bits per heavy atom. The van der Waals surface area contributed by atoms with Gasteiger partial charge in [-0.25, -0.2) is 0 Å².